The quantitative estimate of drug-likeness (QED) is 0.137. The van der Waals surface area contributed by atoms with Gasteiger partial charge in [0.05, 0.1) is 11.1 Å². The van der Waals surface area contributed by atoms with Crippen LogP contribution in [0.5, 0.6) is 0 Å². The number of hydrogen-bond acceptors (Lipinski definition) is 1. The normalized spacial score (nSPS) is 14.9. The van der Waals surface area contributed by atoms with Crippen LogP contribution < -0.4 is 4.90 Å². The van der Waals surface area contributed by atoms with Crippen LogP contribution in [0.1, 0.15) is 73.9 Å². The molecule has 1 nitrogen and oxygen atoms in total. The average Bonchev–Trinajstić information content (AvgIpc) is 3.73. The number of hydrogen-bond donors (Lipinski definition) is 0. The van der Waals surface area contributed by atoms with E-state index in [9.17, 15) is 0 Å². The van der Waals surface area contributed by atoms with Crippen molar-refractivity contribution >= 4 is 38.6 Å². The van der Waals surface area contributed by atoms with Crippen molar-refractivity contribution in [2.75, 3.05) is 4.90 Å². The van der Waals surface area contributed by atoms with Gasteiger partial charge in [0.15, 0.2) is 0 Å². The van der Waals surface area contributed by atoms with Gasteiger partial charge in [0, 0.05) is 16.9 Å². The SMILES string of the molecule is CC1(C)CCC(C)(C)c2c(-c3cc4c(cc3N(c3ccc(-c5ccccc5)cc3)c3ccc(-c5cc6ccccc6c6ccccc56)cc3)C(c3ccccc3)(c3ccccc3)c3ccccc3-4)cccc21. The second-order valence-corrected chi connectivity index (χ2v) is 21.4. The van der Waals surface area contributed by atoms with Crippen LogP contribution in [0.3, 0.4) is 0 Å². The van der Waals surface area contributed by atoms with Gasteiger partial charge in [0.1, 0.15) is 0 Å². The maximum Gasteiger partial charge on any atom is 0.0714 e. The molecule has 0 heterocycles. The van der Waals surface area contributed by atoms with Crippen LogP contribution >= 0.6 is 0 Å². The molecule has 0 bridgehead atoms. The Hall–Kier alpha value is -8.26. The van der Waals surface area contributed by atoms with E-state index >= 15 is 0 Å². The Morgan fingerprint density at radius 1 is 0.319 bits per heavy atom. The molecule has 72 heavy (non-hydrogen) atoms. The highest BCUT2D eigenvalue weighted by atomic mass is 15.1. The molecular weight excluding hydrogens is 867 g/mol. The highest BCUT2D eigenvalue weighted by molar-refractivity contribution is 6.14. The van der Waals surface area contributed by atoms with Crippen molar-refractivity contribution in [1.29, 1.82) is 0 Å². The van der Waals surface area contributed by atoms with E-state index in [-0.39, 0.29) is 10.8 Å². The van der Waals surface area contributed by atoms with Gasteiger partial charge in [-0.1, -0.05) is 234 Å². The maximum atomic E-state index is 2.58. The fourth-order valence-electron chi connectivity index (χ4n) is 12.8. The number of rotatable bonds is 8. The van der Waals surface area contributed by atoms with Crippen molar-refractivity contribution < 1.29 is 0 Å². The fourth-order valence-corrected chi connectivity index (χ4v) is 12.8. The van der Waals surface area contributed by atoms with E-state index in [1.165, 1.54) is 99.4 Å². The molecule has 0 saturated heterocycles. The lowest BCUT2D eigenvalue weighted by atomic mass is 9.61. The molecule has 346 valence electrons. The standard InChI is InChI=1S/C71H57N/c1-69(2)43-44-70(3,4)68-60(32-20-34-65(68)69)63-46-62-59-31-18-19-33-64(59)71(52-24-10-6-11-25-52,53-26-12-7-13-27-53)66(62)47-67(63)72(54-39-35-49(36-40-54)48-21-8-5-9-22-48)55-41-37-50(38-42-55)61-45-51-23-14-15-28-56(51)57-29-16-17-30-58(57)61/h5-42,45-47H,43-44H2,1-4H3. The largest absolute Gasteiger partial charge is 0.310 e. The molecule has 0 saturated carbocycles. The van der Waals surface area contributed by atoms with Crippen LogP contribution in [0.15, 0.2) is 249 Å². The predicted octanol–water partition coefficient (Wildman–Crippen LogP) is 19.2. The minimum Gasteiger partial charge on any atom is -0.310 e. The average molecular weight is 924 g/mol. The summed E-state index contributed by atoms with van der Waals surface area (Å²) in [6.07, 6.45) is 2.27. The van der Waals surface area contributed by atoms with Crippen molar-refractivity contribution in [1.82, 2.24) is 0 Å². The van der Waals surface area contributed by atoms with Crippen molar-refractivity contribution in [3.8, 4) is 44.5 Å². The van der Waals surface area contributed by atoms with Crippen LogP contribution in [0.25, 0.3) is 66.1 Å². The van der Waals surface area contributed by atoms with E-state index < -0.39 is 5.41 Å². The topological polar surface area (TPSA) is 3.24 Å². The first-order valence-electron chi connectivity index (χ1n) is 25.7. The lowest BCUT2D eigenvalue weighted by molar-refractivity contribution is 0.333. The number of benzene rings is 11. The Kier molecular flexibility index (Phi) is 10.3. The van der Waals surface area contributed by atoms with Crippen LogP contribution in [-0.4, -0.2) is 0 Å². The summed E-state index contributed by atoms with van der Waals surface area (Å²) in [4.78, 5) is 2.55. The lowest BCUT2D eigenvalue weighted by Gasteiger charge is -2.43. The molecular formula is C71H57N. The summed E-state index contributed by atoms with van der Waals surface area (Å²) in [7, 11) is 0. The highest BCUT2D eigenvalue weighted by Crippen LogP contribution is 2.60. The van der Waals surface area contributed by atoms with Crippen molar-refractivity contribution in [3.05, 3.63) is 282 Å². The van der Waals surface area contributed by atoms with Crippen molar-refractivity contribution in [2.45, 2.75) is 56.8 Å². The van der Waals surface area contributed by atoms with E-state index in [1.807, 2.05) is 0 Å². The van der Waals surface area contributed by atoms with Gasteiger partial charge in [0.2, 0.25) is 0 Å². The van der Waals surface area contributed by atoms with Gasteiger partial charge in [-0.25, -0.2) is 0 Å². The van der Waals surface area contributed by atoms with Gasteiger partial charge in [-0.05, 0) is 160 Å². The van der Waals surface area contributed by atoms with Gasteiger partial charge in [-0.15, -0.1) is 0 Å². The molecule has 0 radical (unpaired) electrons. The Morgan fingerprint density at radius 3 is 1.51 bits per heavy atom. The Bertz CT molecular complexity index is 3790. The van der Waals surface area contributed by atoms with Crippen molar-refractivity contribution in [2.24, 2.45) is 0 Å². The van der Waals surface area contributed by atoms with Gasteiger partial charge in [-0.2, -0.15) is 0 Å². The van der Waals surface area contributed by atoms with E-state index in [4.69, 9.17) is 0 Å². The molecule has 0 N–H and O–H groups in total. The van der Waals surface area contributed by atoms with Crippen LogP contribution in [0.4, 0.5) is 17.1 Å². The summed E-state index contributed by atoms with van der Waals surface area (Å²) in [5.74, 6) is 0. The summed E-state index contributed by atoms with van der Waals surface area (Å²) in [5, 5.41) is 5.06. The Balaban J connectivity index is 1.12. The summed E-state index contributed by atoms with van der Waals surface area (Å²) >= 11 is 0. The summed E-state index contributed by atoms with van der Waals surface area (Å²) in [5.41, 5.74) is 20.7. The molecule has 0 aromatic heterocycles. The first-order chi connectivity index (χ1) is 35.2. The van der Waals surface area contributed by atoms with Gasteiger partial charge < -0.3 is 4.90 Å². The van der Waals surface area contributed by atoms with Gasteiger partial charge >= 0.3 is 0 Å². The predicted molar refractivity (Wildman–Crippen MR) is 305 cm³/mol. The smallest absolute Gasteiger partial charge is 0.0714 e. The third-order valence-corrected chi connectivity index (χ3v) is 16.4. The van der Waals surface area contributed by atoms with Gasteiger partial charge in [0.25, 0.3) is 0 Å². The lowest BCUT2D eigenvalue weighted by Crippen LogP contribution is -2.34. The molecule has 1 heteroatoms. The minimum absolute atomic E-state index is 0.0375. The van der Waals surface area contributed by atoms with Crippen LogP contribution in [0.2, 0.25) is 0 Å². The van der Waals surface area contributed by atoms with E-state index in [0.29, 0.717) is 0 Å². The second-order valence-electron chi connectivity index (χ2n) is 21.4. The monoisotopic (exact) mass is 923 g/mol. The zero-order valence-electron chi connectivity index (χ0n) is 41.5. The number of anilines is 3. The fraction of sp³-hybridized carbons (Fsp3) is 0.127. The molecule has 0 atom stereocenters. The second kappa shape index (κ2) is 17.0. The summed E-state index contributed by atoms with van der Waals surface area (Å²) < 4.78 is 0. The minimum atomic E-state index is -0.580. The van der Waals surface area contributed by atoms with Crippen LogP contribution in [-0.2, 0) is 16.2 Å². The maximum absolute atomic E-state index is 2.58. The molecule has 0 fully saturated rings. The Morgan fingerprint density at radius 2 is 0.833 bits per heavy atom. The summed E-state index contributed by atoms with van der Waals surface area (Å²) in [6.45, 7) is 9.83. The van der Waals surface area contributed by atoms with Crippen LogP contribution in [0, 0.1) is 0 Å². The van der Waals surface area contributed by atoms with Crippen molar-refractivity contribution in [3.63, 3.8) is 0 Å². The Labute approximate surface area is 424 Å². The van der Waals surface area contributed by atoms with Gasteiger partial charge in [-0.3, -0.25) is 0 Å². The molecule has 0 spiro atoms. The van der Waals surface area contributed by atoms with E-state index in [2.05, 4.69) is 281 Å². The zero-order valence-corrected chi connectivity index (χ0v) is 41.5. The number of fused-ring (bicyclic) bond motifs is 7. The molecule has 13 rings (SSSR count). The zero-order chi connectivity index (χ0) is 48.6. The molecule has 0 amide bonds. The highest BCUT2D eigenvalue weighted by Gasteiger charge is 2.47. The summed E-state index contributed by atoms with van der Waals surface area (Å²) in [6, 6.07) is 93.3. The molecule has 0 unspecified atom stereocenters. The van der Waals surface area contributed by atoms with E-state index in [1.54, 1.807) is 0 Å². The first kappa shape index (κ1) is 43.7. The molecule has 0 aliphatic heterocycles. The molecule has 11 aromatic carbocycles. The third kappa shape index (κ3) is 6.90. The number of nitrogens with zero attached hydrogens (tertiary/aromatic N) is 1. The molecule has 11 aromatic rings. The molecule has 2 aliphatic carbocycles. The molecule has 2 aliphatic rings. The first-order valence-corrected chi connectivity index (χ1v) is 25.7. The third-order valence-electron chi connectivity index (χ3n) is 16.4. The van der Waals surface area contributed by atoms with E-state index in [0.717, 1.165) is 29.9 Å².